The first kappa shape index (κ1) is 8.60. The molecule has 0 aliphatic carbocycles. The maximum Gasteiger partial charge on any atom is 0.0952 e. The molecule has 0 spiro atoms. The molecule has 1 N–H and O–H groups in total. The van der Waals surface area contributed by atoms with Crippen LogP contribution < -0.4 is 5.32 Å². The molecule has 0 aromatic rings. The highest BCUT2D eigenvalue weighted by molar-refractivity contribution is 5.03. The Morgan fingerprint density at radius 1 is 1.64 bits per heavy atom. The third kappa shape index (κ3) is 2.93. The Balaban J connectivity index is 2.43. The first-order valence-corrected chi connectivity index (χ1v) is 4.29. The molecule has 0 fully saturated rings. The van der Waals surface area contributed by atoms with Crippen LogP contribution in [0.1, 0.15) is 27.2 Å². The Bertz CT molecular complexity index is 152. The number of hydrogen-bond donors (Lipinski definition) is 1. The second kappa shape index (κ2) is 3.77. The average molecular weight is 155 g/mol. The van der Waals surface area contributed by atoms with Gasteiger partial charge in [-0.3, -0.25) is 0 Å². The molecule has 1 atom stereocenters. The summed E-state index contributed by atoms with van der Waals surface area (Å²) in [6.45, 7) is 7.31. The zero-order valence-electron chi connectivity index (χ0n) is 7.55. The standard InChI is InChI=1S/C9H17NO/c1-7(2)11-9-4-5-10-8(3)6-9/h6-8,10H,4-5H2,1-3H3. The third-order valence-electron chi connectivity index (χ3n) is 1.66. The fourth-order valence-electron chi connectivity index (χ4n) is 1.25. The summed E-state index contributed by atoms with van der Waals surface area (Å²) in [7, 11) is 0. The second-order valence-corrected chi connectivity index (χ2v) is 3.29. The van der Waals surface area contributed by atoms with Gasteiger partial charge in [-0.25, -0.2) is 0 Å². The highest BCUT2D eigenvalue weighted by Gasteiger charge is 2.09. The third-order valence-corrected chi connectivity index (χ3v) is 1.66. The molecule has 0 amide bonds. The Morgan fingerprint density at radius 2 is 2.36 bits per heavy atom. The Kier molecular flexibility index (Phi) is 2.94. The van der Waals surface area contributed by atoms with Gasteiger partial charge in [0.15, 0.2) is 0 Å². The normalized spacial score (nSPS) is 25.1. The Labute approximate surface area is 68.6 Å². The van der Waals surface area contributed by atoms with Crippen LogP contribution in [0.4, 0.5) is 0 Å². The topological polar surface area (TPSA) is 21.3 Å². The maximum atomic E-state index is 5.58. The van der Waals surface area contributed by atoms with Crippen molar-refractivity contribution in [2.75, 3.05) is 6.54 Å². The predicted octanol–water partition coefficient (Wildman–Crippen LogP) is 1.68. The van der Waals surface area contributed by atoms with E-state index < -0.39 is 0 Å². The van der Waals surface area contributed by atoms with Gasteiger partial charge in [0.1, 0.15) is 0 Å². The van der Waals surface area contributed by atoms with Crippen molar-refractivity contribution >= 4 is 0 Å². The van der Waals surface area contributed by atoms with Crippen molar-refractivity contribution < 1.29 is 4.74 Å². The van der Waals surface area contributed by atoms with Gasteiger partial charge in [-0.1, -0.05) is 0 Å². The van der Waals surface area contributed by atoms with Gasteiger partial charge in [0, 0.05) is 19.0 Å². The van der Waals surface area contributed by atoms with Gasteiger partial charge in [-0.15, -0.1) is 0 Å². The SMILES string of the molecule is CC1C=C(OC(C)C)CCN1. The largest absolute Gasteiger partial charge is 0.496 e. The van der Waals surface area contributed by atoms with E-state index in [1.165, 1.54) is 0 Å². The number of rotatable bonds is 2. The van der Waals surface area contributed by atoms with Gasteiger partial charge in [-0.05, 0) is 26.8 Å². The summed E-state index contributed by atoms with van der Waals surface area (Å²) in [4.78, 5) is 0. The molecule has 11 heavy (non-hydrogen) atoms. The smallest absolute Gasteiger partial charge is 0.0952 e. The van der Waals surface area contributed by atoms with Crippen LogP contribution in [0.3, 0.4) is 0 Å². The summed E-state index contributed by atoms with van der Waals surface area (Å²) in [6, 6.07) is 0.470. The van der Waals surface area contributed by atoms with Crippen molar-refractivity contribution in [1.82, 2.24) is 5.32 Å². The molecular weight excluding hydrogens is 138 g/mol. The monoisotopic (exact) mass is 155 g/mol. The van der Waals surface area contributed by atoms with E-state index in [0.29, 0.717) is 12.1 Å². The molecule has 0 radical (unpaired) electrons. The van der Waals surface area contributed by atoms with Gasteiger partial charge in [0.2, 0.25) is 0 Å². The van der Waals surface area contributed by atoms with Gasteiger partial charge in [0.05, 0.1) is 11.9 Å². The lowest BCUT2D eigenvalue weighted by molar-refractivity contribution is 0.134. The van der Waals surface area contributed by atoms with Crippen LogP contribution >= 0.6 is 0 Å². The molecule has 1 rings (SSSR count). The average Bonchev–Trinajstić information content (AvgIpc) is 1.85. The molecular formula is C9H17NO. The summed E-state index contributed by atoms with van der Waals surface area (Å²) < 4.78 is 5.58. The summed E-state index contributed by atoms with van der Waals surface area (Å²) in [5, 5.41) is 3.33. The van der Waals surface area contributed by atoms with Crippen LogP contribution in [-0.2, 0) is 4.74 Å². The summed E-state index contributed by atoms with van der Waals surface area (Å²) >= 11 is 0. The van der Waals surface area contributed by atoms with Crippen molar-refractivity contribution in [3.05, 3.63) is 11.8 Å². The fraction of sp³-hybridized carbons (Fsp3) is 0.778. The van der Waals surface area contributed by atoms with Gasteiger partial charge in [0.25, 0.3) is 0 Å². The molecule has 2 heteroatoms. The lowest BCUT2D eigenvalue weighted by atomic mass is 10.2. The maximum absolute atomic E-state index is 5.58. The van der Waals surface area contributed by atoms with Crippen LogP contribution in [0, 0.1) is 0 Å². The molecule has 0 aromatic carbocycles. The number of ether oxygens (including phenoxy) is 1. The Morgan fingerprint density at radius 3 is 2.91 bits per heavy atom. The predicted molar refractivity (Wildman–Crippen MR) is 46.4 cm³/mol. The molecule has 0 aromatic heterocycles. The van der Waals surface area contributed by atoms with Gasteiger partial charge in [-0.2, -0.15) is 0 Å². The van der Waals surface area contributed by atoms with Crippen LogP contribution in [0.15, 0.2) is 11.8 Å². The van der Waals surface area contributed by atoms with Crippen LogP contribution in [-0.4, -0.2) is 18.7 Å². The molecule has 2 nitrogen and oxygen atoms in total. The van der Waals surface area contributed by atoms with Crippen molar-refractivity contribution in [1.29, 1.82) is 0 Å². The molecule has 1 unspecified atom stereocenters. The fourth-order valence-corrected chi connectivity index (χ4v) is 1.25. The van der Waals surface area contributed by atoms with Gasteiger partial charge >= 0.3 is 0 Å². The molecule has 64 valence electrons. The summed E-state index contributed by atoms with van der Waals surface area (Å²) in [6.07, 6.45) is 3.50. The van der Waals surface area contributed by atoms with E-state index >= 15 is 0 Å². The minimum absolute atomic E-state index is 0.312. The molecule has 0 saturated carbocycles. The van der Waals surface area contributed by atoms with E-state index in [4.69, 9.17) is 4.74 Å². The van der Waals surface area contributed by atoms with E-state index in [0.717, 1.165) is 18.7 Å². The van der Waals surface area contributed by atoms with Crippen LogP contribution in [0.2, 0.25) is 0 Å². The quantitative estimate of drug-likeness (QED) is 0.655. The zero-order chi connectivity index (χ0) is 8.27. The summed E-state index contributed by atoms with van der Waals surface area (Å²) in [5.74, 6) is 1.14. The van der Waals surface area contributed by atoms with Crippen molar-refractivity contribution in [3.63, 3.8) is 0 Å². The van der Waals surface area contributed by atoms with Crippen molar-refractivity contribution in [3.8, 4) is 0 Å². The van der Waals surface area contributed by atoms with E-state index in [2.05, 4.69) is 32.2 Å². The lowest BCUT2D eigenvalue weighted by Gasteiger charge is -2.21. The second-order valence-electron chi connectivity index (χ2n) is 3.29. The van der Waals surface area contributed by atoms with Crippen LogP contribution in [0.25, 0.3) is 0 Å². The minimum atomic E-state index is 0.312. The Hall–Kier alpha value is -0.500. The van der Waals surface area contributed by atoms with Crippen molar-refractivity contribution in [2.24, 2.45) is 0 Å². The zero-order valence-corrected chi connectivity index (χ0v) is 7.55. The molecule has 1 aliphatic heterocycles. The van der Waals surface area contributed by atoms with E-state index in [9.17, 15) is 0 Å². The lowest BCUT2D eigenvalue weighted by Crippen LogP contribution is -2.30. The first-order valence-electron chi connectivity index (χ1n) is 4.29. The molecule has 1 heterocycles. The van der Waals surface area contributed by atoms with Gasteiger partial charge < -0.3 is 10.1 Å². The van der Waals surface area contributed by atoms with E-state index in [-0.39, 0.29) is 0 Å². The molecule has 0 bridgehead atoms. The molecule has 1 aliphatic rings. The van der Waals surface area contributed by atoms with E-state index in [1.807, 2.05) is 0 Å². The number of hydrogen-bond acceptors (Lipinski definition) is 2. The highest BCUT2D eigenvalue weighted by atomic mass is 16.5. The highest BCUT2D eigenvalue weighted by Crippen LogP contribution is 2.11. The number of nitrogens with one attached hydrogen (secondary N) is 1. The van der Waals surface area contributed by atoms with E-state index in [1.54, 1.807) is 0 Å². The van der Waals surface area contributed by atoms with Crippen LogP contribution in [0.5, 0.6) is 0 Å². The first-order chi connectivity index (χ1) is 5.18. The minimum Gasteiger partial charge on any atom is -0.496 e. The summed E-state index contributed by atoms with van der Waals surface area (Å²) in [5.41, 5.74) is 0. The molecule has 0 saturated heterocycles. The van der Waals surface area contributed by atoms with Crippen molar-refractivity contribution in [2.45, 2.75) is 39.3 Å².